The standard InChI is InChI=1S/C14H20N2O3/c1-11(8-9-13(17)18)10-15-14(19)16(2)12-6-4-3-5-7-12/h3-7,11H,8-10H2,1-2H3,(H,15,19)(H,17,18). The number of hydrogen-bond donors (Lipinski definition) is 2. The molecular formula is C14H20N2O3. The molecule has 104 valence electrons. The lowest BCUT2D eigenvalue weighted by atomic mass is 10.1. The number of rotatable bonds is 6. The number of anilines is 1. The fraction of sp³-hybridized carbons (Fsp3) is 0.429. The van der Waals surface area contributed by atoms with Crippen molar-refractivity contribution in [2.75, 3.05) is 18.5 Å². The normalized spacial score (nSPS) is 11.7. The molecule has 0 heterocycles. The van der Waals surface area contributed by atoms with E-state index in [1.807, 2.05) is 37.3 Å². The van der Waals surface area contributed by atoms with Gasteiger partial charge in [-0.05, 0) is 24.5 Å². The van der Waals surface area contributed by atoms with Gasteiger partial charge in [0, 0.05) is 25.7 Å². The maximum atomic E-state index is 11.9. The molecular weight excluding hydrogens is 244 g/mol. The summed E-state index contributed by atoms with van der Waals surface area (Å²) in [6.45, 7) is 2.40. The smallest absolute Gasteiger partial charge is 0.321 e. The summed E-state index contributed by atoms with van der Waals surface area (Å²) < 4.78 is 0. The molecule has 5 nitrogen and oxygen atoms in total. The maximum Gasteiger partial charge on any atom is 0.321 e. The zero-order chi connectivity index (χ0) is 14.3. The Morgan fingerprint density at radius 3 is 2.53 bits per heavy atom. The second-order valence-corrected chi connectivity index (χ2v) is 4.62. The Morgan fingerprint density at radius 1 is 1.32 bits per heavy atom. The summed E-state index contributed by atoms with van der Waals surface area (Å²) in [4.78, 5) is 23.9. The lowest BCUT2D eigenvalue weighted by Crippen LogP contribution is -2.39. The molecule has 0 saturated carbocycles. The molecule has 5 heteroatoms. The third-order valence-corrected chi connectivity index (χ3v) is 2.90. The highest BCUT2D eigenvalue weighted by Crippen LogP contribution is 2.11. The SMILES string of the molecule is CC(CCC(=O)O)CNC(=O)N(C)c1ccccc1. The predicted octanol–water partition coefficient (Wildman–Crippen LogP) is 2.33. The topological polar surface area (TPSA) is 69.6 Å². The van der Waals surface area contributed by atoms with Crippen LogP contribution in [0.3, 0.4) is 0 Å². The van der Waals surface area contributed by atoms with Gasteiger partial charge < -0.3 is 10.4 Å². The number of urea groups is 1. The summed E-state index contributed by atoms with van der Waals surface area (Å²) >= 11 is 0. The van der Waals surface area contributed by atoms with Gasteiger partial charge in [-0.2, -0.15) is 0 Å². The van der Waals surface area contributed by atoms with Crippen LogP contribution < -0.4 is 10.2 Å². The molecule has 0 fully saturated rings. The van der Waals surface area contributed by atoms with E-state index >= 15 is 0 Å². The van der Waals surface area contributed by atoms with E-state index in [2.05, 4.69) is 5.32 Å². The number of aliphatic carboxylic acids is 1. The Morgan fingerprint density at radius 2 is 1.95 bits per heavy atom. The van der Waals surface area contributed by atoms with Gasteiger partial charge in [0.1, 0.15) is 0 Å². The van der Waals surface area contributed by atoms with Crippen molar-refractivity contribution >= 4 is 17.7 Å². The Hall–Kier alpha value is -2.04. The first-order chi connectivity index (χ1) is 9.00. The first-order valence-electron chi connectivity index (χ1n) is 6.29. The molecule has 0 saturated heterocycles. The molecule has 0 aliphatic heterocycles. The average Bonchev–Trinajstić information content (AvgIpc) is 2.42. The van der Waals surface area contributed by atoms with E-state index in [1.54, 1.807) is 7.05 Å². The fourth-order valence-electron chi connectivity index (χ4n) is 1.62. The van der Waals surface area contributed by atoms with Crippen molar-refractivity contribution in [3.05, 3.63) is 30.3 Å². The van der Waals surface area contributed by atoms with Gasteiger partial charge in [-0.1, -0.05) is 25.1 Å². The number of hydrogen-bond acceptors (Lipinski definition) is 2. The molecule has 1 unspecified atom stereocenters. The Bertz CT molecular complexity index is 420. The molecule has 0 aliphatic carbocycles. The summed E-state index contributed by atoms with van der Waals surface area (Å²) in [5, 5.41) is 11.4. The van der Waals surface area contributed by atoms with Crippen LogP contribution in [0.4, 0.5) is 10.5 Å². The highest BCUT2D eigenvalue weighted by atomic mass is 16.4. The lowest BCUT2D eigenvalue weighted by molar-refractivity contribution is -0.137. The fourth-order valence-corrected chi connectivity index (χ4v) is 1.62. The van der Waals surface area contributed by atoms with Crippen molar-refractivity contribution in [3.63, 3.8) is 0 Å². The number of nitrogens with one attached hydrogen (secondary N) is 1. The Balaban J connectivity index is 2.37. The van der Waals surface area contributed by atoms with Gasteiger partial charge in [0.15, 0.2) is 0 Å². The minimum Gasteiger partial charge on any atom is -0.481 e. The molecule has 1 aromatic rings. The summed E-state index contributed by atoms with van der Waals surface area (Å²) in [5.74, 6) is -0.663. The summed E-state index contributed by atoms with van der Waals surface area (Å²) in [6, 6.07) is 9.15. The van der Waals surface area contributed by atoms with Gasteiger partial charge in [0.05, 0.1) is 0 Å². The molecule has 0 spiro atoms. The third-order valence-electron chi connectivity index (χ3n) is 2.90. The van der Waals surface area contributed by atoms with E-state index in [-0.39, 0.29) is 18.4 Å². The van der Waals surface area contributed by atoms with Crippen LogP contribution in [0.5, 0.6) is 0 Å². The number of para-hydroxylation sites is 1. The van der Waals surface area contributed by atoms with E-state index in [0.717, 1.165) is 5.69 Å². The van der Waals surface area contributed by atoms with Crippen molar-refractivity contribution in [1.29, 1.82) is 0 Å². The van der Waals surface area contributed by atoms with Crippen LogP contribution in [0.25, 0.3) is 0 Å². The summed E-state index contributed by atoms with van der Waals surface area (Å²) in [5.41, 5.74) is 0.818. The zero-order valence-electron chi connectivity index (χ0n) is 11.3. The van der Waals surface area contributed by atoms with Crippen LogP contribution in [0.2, 0.25) is 0 Å². The molecule has 1 rings (SSSR count). The molecule has 0 bridgehead atoms. The van der Waals surface area contributed by atoms with Crippen LogP contribution in [-0.4, -0.2) is 30.7 Å². The number of nitrogens with zero attached hydrogens (tertiary/aromatic N) is 1. The number of benzene rings is 1. The molecule has 0 radical (unpaired) electrons. The quantitative estimate of drug-likeness (QED) is 0.828. The monoisotopic (exact) mass is 264 g/mol. The number of carbonyl (C=O) groups is 2. The zero-order valence-corrected chi connectivity index (χ0v) is 11.3. The lowest BCUT2D eigenvalue weighted by Gasteiger charge is -2.19. The van der Waals surface area contributed by atoms with Gasteiger partial charge in [-0.15, -0.1) is 0 Å². The van der Waals surface area contributed by atoms with E-state index < -0.39 is 5.97 Å². The molecule has 2 N–H and O–H groups in total. The van der Waals surface area contributed by atoms with Crippen molar-refractivity contribution in [3.8, 4) is 0 Å². The van der Waals surface area contributed by atoms with E-state index in [1.165, 1.54) is 4.90 Å². The highest BCUT2D eigenvalue weighted by molar-refractivity contribution is 5.91. The first kappa shape index (κ1) is 15.0. The molecule has 0 aromatic heterocycles. The van der Waals surface area contributed by atoms with Crippen LogP contribution in [0.1, 0.15) is 19.8 Å². The van der Waals surface area contributed by atoms with Gasteiger partial charge in [0.25, 0.3) is 0 Å². The van der Waals surface area contributed by atoms with Gasteiger partial charge in [-0.3, -0.25) is 9.69 Å². The largest absolute Gasteiger partial charge is 0.481 e. The van der Waals surface area contributed by atoms with Gasteiger partial charge >= 0.3 is 12.0 Å². The van der Waals surface area contributed by atoms with E-state index in [4.69, 9.17) is 5.11 Å². The second-order valence-electron chi connectivity index (χ2n) is 4.62. The second kappa shape index (κ2) is 7.41. The Kier molecular flexibility index (Phi) is 5.85. The number of carboxylic acids is 1. The van der Waals surface area contributed by atoms with E-state index in [9.17, 15) is 9.59 Å². The molecule has 1 atom stereocenters. The average molecular weight is 264 g/mol. The minimum absolute atomic E-state index is 0.131. The highest BCUT2D eigenvalue weighted by Gasteiger charge is 2.12. The van der Waals surface area contributed by atoms with Crippen molar-refractivity contribution in [1.82, 2.24) is 5.32 Å². The van der Waals surface area contributed by atoms with Crippen LogP contribution in [0.15, 0.2) is 30.3 Å². The molecule has 0 aliphatic rings. The molecule has 1 aromatic carbocycles. The van der Waals surface area contributed by atoms with Crippen LogP contribution >= 0.6 is 0 Å². The summed E-state index contributed by atoms with van der Waals surface area (Å²) in [7, 11) is 1.70. The predicted molar refractivity (Wildman–Crippen MR) is 74.3 cm³/mol. The maximum absolute atomic E-state index is 11.9. The third kappa shape index (κ3) is 5.42. The van der Waals surface area contributed by atoms with Crippen molar-refractivity contribution < 1.29 is 14.7 Å². The van der Waals surface area contributed by atoms with E-state index in [0.29, 0.717) is 13.0 Å². The number of carbonyl (C=O) groups excluding carboxylic acids is 1. The minimum atomic E-state index is -0.806. The first-order valence-corrected chi connectivity index (χ1v) is 6.29. The van der Waals surface area contributed by atoms with Gasteiger partial charge in [-0.25, -0.2) is 4.79 Å². The van der Waals surface area contributed by atoms with Crippen LogP contribution in [-0.2, 0) is 4.79 Å². The Labute approximate surface area is 113 Å². The van der Waals surface area contributed by atoms with Crippen molar-refractivity contribution in [2.24, 2.45) is 5.92 Å². The molecule has 19 heavy (non-hydrogen) atoms. The van der Waals surface area contributed by atoms with Crippen molar-refractivity contribution in [2.45, 2.75) is 19.8 Å². The molecule has 2 amide bonds. The van der Waals surface area contributed by atoms with Crippen LogP contribution in [0, 0.1) is 5.92 Å². The summed E-state index contributed by atoms with van der Waals surface area (Å²) in [6.07, 6.45) is 0.691. The van der Waals surface area contributed by atoms with Gasteiger partial charge in [0.2, 0.25) is 0 Å². The number of carboxylic acid groups (broad SMARTS) is 1. The number of amides is 2.